The molecule has 0 saturated carbocycles. The molecule has 0 unspecified atom stereocenters. The molecule has 0 fully saturated rings. The molecule has 0 radical (unpaired) electrons. The number of rotatable bonds is 10. The van der Waals surface area contributed by atoms with Crippen molar-refractivity contribution in [2.24, 2.45) is 0 Å². The lowest BCUT2D eigenvalue weighted by atomic mass is 10.2. The van der Waals surface area contributed by atoms with Gasteiger partial charge >= 0.3 is 0 Å². The van der Waals surface area contributed by atoms with E-state index in [2.05, 4.69) is 10.0 Å². The number of sulfonamides is 2. The van der Waals surface area contributed by atoms with Gasteiger partial charge in [-0.15, -0.1) is 0 Å². The summed E-state index contributed by atoms with van der Waals surface area (Å²) in [5, 5.41) is 2.66. The Hall–Kier alpha value is -3.61. The summed E-state index contributed by atoms with van der Waals surface area (Å²) in [4.78, 5) is 13.0. The first-order valence-electron chi connectivity index (χ1n) is 11.1. The van der Waals surface area contributed by atoms with Crippen LogP contribution in [0.2, 0.25) is 0 Å². The highest BCUT2D eigenvalue weighted by Crippen LogP contribution is 2.29. The number of carbonyl (C=O) groups excluding carboxylic acids is 1. The van der Waals surface area contributed by atoms with Crippen molar-refractivity contribution in [2.45, 2.75) is 29.7 Å². The van der Waals surface area contributed by atoms with Crippen molar-refractivity contribution in [3.63, 3.8) is 0 Å². The Morgan fingerprint density at radius 2 is 1.43 bits per heavy atom. The van der Waals surface area contributed by atoms with Gasteiger partial charge in [0.05, 0.1) is 35.4 Å². The van der Waals surface area contributed by atoms with E-state index in [9.17, 15) is 21.6 Å². The summed E-state index contributed by atoms with van der Waals surface area (Å²) in [6, 6.07) is 15.8. The van der Waals surface area contributed by atoms with Gasteiger partial charge in [0.25, 0.3) is 15.9 Å². The summed E-state index contributed by atoms with van der Waals surface area (Å²) in [5.74, 6) is 0.281. The number of hydrogen-bond donors (Lipinski definition) is 2. The van der Waals surface area contributed by atoms with Crippen molar-refractivity contribution in [1.82, 2.24) is 4.72 Å². The van der Waals surface area contributed by atoms with Crippen LogP contribution in [0.4, 0.5) is 11.4 Å². The predicted octanol–water partition coefficient (Wildman–Crippen LogP) is 3.47. The number of nitrogens with zero attached hydrogens (tertiary/aromatic N) is 1. The van der Waals surface area contributed by atoms with E-state index in [4.69, 9.17) is 9.47 Å². The van der Waals surface area contributed by atoms with Gasteiger partial charge in [-0.05, 0) is 80.6 Å². The first kappa shape index (κ1) is 28.0. The molecule has 37 heavy (non-hydrogen) atoms. The maximum atomic E-state index is 13.0. The summed E-state index contributed by atoms with van der Waals surface area (Å²) in [5.41, 5.74) is 0.745. The van der Waals surface area contributed by atoms with Gasteiger partial charge in [0.2, 0.25) is 10.0 Å². The number of anilines is 2. The van der Waals surface area contributed by atoms with Crippen LogP contribution in [0.1, 0.15) is 24.2 Å². The summed E-state index contributed by atoms with van der Waals surface area (Å²) >= 11 is 0. The number of hydrogen-bond acceptors (Lipinski definition) is 7. The second-order valence-corrected chi connectivity index (χ2v) is 12.0. The van der Waals surface area contributed by atoms with Crippen LogP contribution in [0.25, 0.3) is 0 Å². The molecule has 0 heterocycles. The van der Waals surface area contributed by atoms with Crippen LogP contribution >= 0.6 is 0 Å². The predicted molar refractivity (Wildman–Crippen MR) is 141 cm³/mol. The van der Waals surface area contributed by atoms with E-state index in [1.807, 2.05) is 0 Å². The monoisotopic (exact) mass is 547 g/mol. The highest BCUT2D eigenvalue weighted by atomic mass is 32.2. The molecule has 3 aromatic rings. The number of methoxy groups -OCH3 is 2. The number of nitrogens with one attached hydrogen (secondary N) is 2. The normalized spacial score (nSPS) is 11.7. The summed E-state index contributed by atoms with van der Waals surface area (Å²) in [6.45, 7) is 3.40. The Labute approximate surface area is 217 Å². The Kier molecular flexibility index (Phi) is 8.46. The Balaban J connectivity index is 1.82. The zero-order valence-electron chi connectivity index (χ0n) is 21.0. The van der Waals surface area contributed by atoms with Gasteiger partial charge in [0, 0.05) is 18.7 Å². The van der Waals surface area contributed by atoms with Crippen LogP contribution in [0.15, 0.2) is 76.5 Å². The van der Waals surface area contributed by atoms with Gasteiger partial charge in [-0.25, -0.2) is 21.6 Å². The molecule has 3 rings (SSSR count). The van der Waals surface area contributed by atoms with Crippen molar-refractivity contribution in [2.75, 3.05) is 30.9 Å². The van der Waals surface area contributed by atoms with Crippen LogP contribution < -0.4 is 23.8 Å². The van der Waals surface area contributed by atoms with Crippen LogP contribution in [-0.2, 0) is 20.0 Å². The van der Waals surface area contributed by atoms with E-state index in [0.717, 1.165) is 4.31 Å². The minimum atomic E-state index is -3.84. The lowest BCUT2D eigenvalue weighted by Crippen LogP contribution is -2.30. The third-order valence-corrected chi connectivity index (χ3v) is 8.79. The van der Waals surface area contributed by atoms with E-state index in [1.165, 1.54) is 75.9 Å². The third-order valence-electron chi connectivity index (χ3n) is 5.33. The molecule has 2 N–H and O–H groups in total. The molecule has 0 spiro atoms. The van der Waals surface area contributed by atoms with E-state index in [1.54, 1.807) is 26.0 Å². The molecule has 10 nitrogen and oxygen atoms in total. The van der Waals surface area contributed by atoms with E-state index in [-0.39, 0.29) is 32.8 Å². The molecule has 198 valence electrons. The molecule has 0 aliphatic heterocycles. The molecule has 0 aromatic heterocycles. The summed E-state index contributed by atoms with van der Waals surface area (Å²) in [6.07, 6.45) is 0. The molecule has 0 saturated heterocycles. The number of carbonyl (C=O) groups is 1. The fourth-order valence-corrected chi connectivity index (χ4v) is 5.86. The van der Waals surface area contributed by atoms with Gasteiger partial charge < -0.3 is 14.8 Å². The Bertz CT molecular complexity index is 1470. The minimum absolute atomic E-state index is 0.0296. The second kappa shape index (κ2) is 11.2. The van der Waals surface area contributed by atoms with Crippen LogP contribution in [-0.4, -0.2) is 50.1 Å². The molecule has 0 aliphatic rings. The van der Waals surface area contributed by atoms with Crippen molar-refractivity contribution in [3.05, 3.63) is 72.3 Å². The fourth-order valence-electron chi connectivity index (χ4n) is 3.39. The molecule has 1 amide bonds. The van der Waals surface area contributed by atoms with Gasteiger partial charge in [-0.1, -0.05) is 0 Å². The van der Waals surface area contributed by atoms with E-state index >= 15 is 0 Å². The summed E-state index contributed by atoms with van der Waals surface area (Å²) in [7, 11) is -3.32. The van der Waals surface area contributed by atoms with Crippen molar-refractivity contribution >= 4 is 37.3 Å². The smallest absolute Gasteiger partial charge is 0.264 e. The zero-order valence-corrected chi connectivity index (χ0v) is 22.7. The standard InChI is InChI=1S/C25H29N3O7S2/c1-17(2)27-36(30,31)22-14-15-24(35-5)23(16-22)26-25(29)18-6-8-19(9-7-18)28(3)37(32,33)21-12-10-20(34-4)11-13-21/h6-17,27H,1-5H3,(H,26,29). The summed E-state index contributed by atoms with van der Waals surface area (Å²) < 4.78 is 65.0. The minimum Gasteiger partial charge on any atom is -0.497 e. The van der Waals surface area contributed by atoms with Gasteiger partial charge in [0.1, 0.15) is 11.5 Å². The zero-order chi connectivity index (χ0) is 27.4. The van der Waals surface area contributed by atoms with Crippen molar-refractivity contribution in [1.29, 1.82) is 0 Å². The maximum absolute atomic E-state index is 13.0. The van der Waals surface area contributed by atoms with Crippen LogP contribution in [0.5, 0.6) is 11.5 Å². The average molecular weight is 548 g/mol. The van der Waals surface area contributed by atoms with Gasteiger partial charge in [-0.2, -0.15) is 0 Å². The molecule has 0 atom stereocenters. The molecular formula is C25H29N3O7S2. The largest absolute Gasteiger partial charge is 0.497 e. The van der Waals surface area contributed by atoms with Gasteiger partial charge in [-0.3, -0.25) is 9.10 Å². The fraction of sp³-hybridized carbons (Fsp3) is 0.240. The van der Waals surface area contributed by atoms with Gasteiger partial charge in [0.15, 0.2) is 0 Å². The number of ether oxygens (including phenoxy) is 2. The SMILES string of the molecule is COc1ccc(S(=O)(=O)N(C)c2ccc(C(=O)Nc3cc(S(=O)(=O)NC(C)C)ccc3OC)cc2)cc1. The van der Waals surface area contributed by atoms with Crippen LogP contribution in [0.3, 0.4) is 0 Å². The Morgan fingerprint density at radius 3 is 1.97 bits per heavy atom. The van der Waals surface area contributed by atoms with Crippen LogP contribution in [0, 0.1) is 0 Å². The number of amides is 1. The molecule has 0 aliphatic carbocycles. The molecule has 0 bridgehead atoms. The first-order valence-corrected chi connectivity index (χ1v) is 14.1. The third kappa shape index (κ3) is 6.40. The lowest BCUT2D eigenvalue weighted by Gasteiger charge is -2.20. The molecule has 3 aromatic carbocycles. The van der Waals surface area contributed by atoms with E-state index < -0.39 is 26.0 Å². The average Bonchev–Trinajstić information content (AvgIpc) is 2.87. The highest BCUT2D eigenvalue weighted by Gasteiger charge is 2.22. The molecular weight excluding hydrogens is 518 g/mol. The quantitative estimate of drug-likeness (QED) is 0.397. The van der Waals surface area contributed by atoms with Crippen molar-refractivity contribution in [3.8, 4) is 11.5 Å². The van der Waals surface area contributed by atoms with Crippen molar-refractivity contribution < 1.29 is 31.1 Å². The Morgan fingerprint density at radius 1 is 0.838 bits per heavy atom. The number of benzene rings is 3. The second-order valence-electron chi connectivity index (χ2n) is 8.29. The first-order chi connectivity index (χ1) is 17.4. The topological polar surface area (TPSA) is 131 Å². The lowest BCUT2D eigenvalue weighted by molar-refractivity contribution is 0.102. The maximum Gasteiger partial charge on any atom is 0.264 e. The van der Waals surface area contributed by atoms with E-state index in [0.29, 0.717) is 11.4 Å². The molecule has 12 heteroatoms. The highest BCUT2D eigenvalue weighted by molar-refractivity contribution is 7.92.